The lowest BCUT2D eigenvalue weighted by molar-refractivity contribution is -0.135. The summed E-state index contributed by atoms with van der Waals surface area (Å²) in [5.74, 6) is -2.55. The van der Waals surface area contributed by atoms with Crippen LogP contribution >= 0.6 is 0 Å². The fraction of sp³-hybridized carbons (Fsp3) is 0.375. The number of nitrogens with one attached hydrogen (secondary N) is 2. The Morgan fingerprint density at radius 3 is 2.84 bits per heavy atom. The summed E-state index contributed by atoms with van der Waals surface area (Å²) >= 11 is 0. The molecule has 1 saturated heterocycles. The maximum atomic E-state index is 14.0. The molecule has 1 fully saturated rings. The van der Waals surface area contributed by atoms with Gasteiger partial charge in [0.15, 0.2) is 11.5 Å². The van der Waals surface area contributed by atoms with E-state index < -0.39 is 30.3 Å². The number of likely N-dealkylation sites (tertiary alicyclic amines) is 1. The number of carbonyl (C=O) groups is 2. The number of nitrogens with zero attached hydrogens (tertiary/aromatic N) is 1. The molecule has 2 aliphatic rings. The molecule has 0 aliphatic carbocycles. The van der Waals surface area contributed by atoms with Crippen LogP contribution < -0.4 is 20.1 Å². The van der Waals surface area contributed by atoms with Gasteiger partial charge in [-0.05, 0) is 18.2 Å². The number of halogens is 2. The monoisotopic (exact) mass is 353 g/mol. The van der Waals surface area contributed by atoms with Gasteiger partial charge in [0, 0.05) is 31.3 Å². The van der Waals surface area contributed by atoms with Gasteiger partial charge < -0.3 is 25.0 Å². The maximum Gasteiger partial charge on any atom is 0.319 e. The van der Waals surface area contributed by atoms with E-state index >= 15 is 0 Å². The first kappa shape index (κ1) is 17.0. The van der Waals surface area contributed by atoms with E-state index in [1.807, 2.05) is 0 Å². The smallest absolute Gasteiger partial charge is 0.319 e. The minimum atomic E-state index is -3.11. The molecule has 7 nitrogen and oxygen atoms in total. The molecule has 1 aromatic carbocycles. The summed E-state index contributed by atoms with van der Waals surface area (Å²) in [6.45, 7) is 3.06. The topological polar surface area (TPSA) is 79.9 Å². The molecule has 0 bridgehead atoms. The first-order chi connectivity index (χ1) is 11.9. The second kappa shape index (κ2) is 6.58. The van der Waals surface area contributed by atoms with Crippen LogP contribution in [0.5, 0.6) is 11.5 Å². The van der Waals surface area contributed by atoms with Crippen LogP contribution in [0.1, 0.15) is 6.42 Å². The highest BCUT2D eigenvalue weighted by Gasteiger charge is 2.45. The Hall–Kier alpha value is -2.84. The van der Waals surface area contributed by atoms with E-state index in [-0.39, 0.29) is 19.9 Å². The number of urea groups is 1. The Balaban J connectivity index is 1.64. The summed E-state index contributed by atoms with van der Waals surface area (Å²) in [5, 5.41) is 4.71. The predicted molar refractivity (Wildman–Crippen MR) is 84.8 cm³/mol. The van der Waals surface area contributed by atoms with Crippen LogP contribution in [0.3, 0.4) is 0 Å². The summed E-state index contributed by atoms with van der Waals surface area (Å²) in [7, 11) is 0. The standard InChI is InChI=1S/C16H17F2N3O4/c1-2-14(22)21-6-5-16(17,18)13(8-21)20-15(23)19-10-3-4-11-12(7-10)25-9-24-11/h2-4,7,13H,1,5-6,8-9H2,(H2,19,20,23)/t13-/m1/s1. The van der Waals surface area contributed by atoms with Gasteiger partial charge in [-0.15, -0.1) is 0 Å². The summed E-state index contributed by atoms with van der Waals surface area (Å²) in [6.07, 6.45) is 0.536. The average Bonchev–Trinajstić information content (AvgIpc) is 3.03. The molecule has 3 rings (SSSR count). The molecule has 0 spiro atoms. The second-order valence-corrected chi connectivity index (χ2v) is 5.72. The zero-order valence-corrected chi connectivity index (χ0v) is 13.3. The van der Waals surface area contributed by atoms with Gasteiger partial charge in [0.1, 0.15) is 6.04 Å². The van der Waals surface area contributed by atoms with Gasteiger partial charge >= 0.3 is 6.03 Å². The Morgan fingerprint density at radius 1 is 1.32 bits per heavy atom. The van der Waals surface area contributed by atoms with E-state index in [1.54, 1.807) is 12.1 Å². The van der Waals surface area contributed by atoms with Crippen molar-refractivity contribution in [1.82, 2.24) is 10.2 Å². The number of carbonyl (C=O) groups excluding carboxylic acids is 2. The largest absolute Gasteiger partial charge is 0.454 e. The first-order valence-electron chi connectivity index (χ1n) is 7.65. The van der Waals surface area contributed by atoms with Gasteiger partial charge in [-0.3, -0.25) is 4.79 Å². The molecule has 1 atom stereocenters. The number of hydrogen-bond donors (Lipinski definition) is 2. The van der Waals surface area contributed by atoms with Crippen LogP contribution in [0.25, 0.3) is 0 Å². The van der Waals surface area contributed by atoms with Crippen molar-refractivity contribution in [3.8, 4) is 11.5 Å². The van der Waals surface area contributed by atoms with E-state index in [4.69, 9.17) is 9.47 Å². The van der Waals surface area contributed by atoms with E-state index in [0.717, 1.165) is 6.08 Å². The number of alkyl halides is 2. The Kier molecular flexibility index (Phi) is 4.47. The fourth-order valence-corrected chi connectivity index (χ4v) is 2.68. The summed E-state index contributed by atoms with van der Waals surface area (Å²) in [6, 6.07) is 2.43. The molecule has 3 amide bonds. The summed E-state index contributed by atoms with van der Waals surface area (Å²) in [5.41, 5.74) is 0.375. The third kappa shape index (κ3) is 3.65. The van der Waals surface area contributed by atoms with Crippen LogP contribution in [-0.4, -0.2) is 48.7 Å². The molecular formula is C16H17F2N3O4. The zero-order chi connectivity index (χ0) is 18.0. The van der Waals surface area contributed by atoms with Crippen LogP contribution in [0, 0.1) is 0 Å². The van der Waals surface area contributed by atoms with Crippen molar-refractivity contribution in [3.05, 3.63) is 30.9 Å². The highest BCUT2D eigenvalue weighted by atomic mass is 19.3. The summed E-state index contributed by atoms with van der Waals surface area (Å²) in [4.78, 5) is 24.9. The van der Waals surface area contributed by atoms with Crippen molar-refractivity contribution in [2.45, 2.75) is 18.4 Å². The lowest BCUT2D eigenvalue weighted by Crippen LogP contribution is -2.60. The SMILES string of the molecule is C=CC(=O)N1CCC(F)(F)[C@H](NC(=O)Nc2ccc3c(c2)OCO3)C1. The predicted octanol–water partition coefficient (Wildman–Crippen LogP) is 1.96. The number of ether oxygens (including phenoxy) is 2. The number of anilines is 1. The third-order valence-corrected chi connectivity index (χ3v) is 4.05. The molecule has 2 heterocycles. The molecule has 0 unspecified atom stereocenters. The Labute approximate surface area is 142 Å². The number of rotatable bonds is 3. The van der Waals surface area contributed by atoms with Gasteiger partial charge in [0.2, 0.25) is 12.7 Å². The van der Waals surface area contributed by atoms with E-state index in [9.17, 15) is 18.4 Å². The fourth-order valence-electron chi connectivity index (χ4n) is 2.68. The van der Waals surface area contributed by atoms with Gasteiger partial charge in [-0.1, -0.05) is 6.58 Å². The molecule has 2 N–H and O–H groups in total. The van der Waals surface area contributed by atoms with Gasteiger partial charge in [0.05, 0.1) is 0 Å². The molecular weight excluding hydrogens is 336 g/mol. The van der Waals surface area contributed by atoms with Crippen molar-refractivity contribution < 1.29 is 27.8 Å². The highest BCUT2D eigenvalue weighted by Crippen LogP contribution is 2.34. The van der Waals surface area contributed by atoms with Crippen molar-refractivity contribution in [1.29, 1.82) is 0 Å². The minimum Gasteiger partial charge on any atom is -0.454 e. The number of fused-ring (bicyclic) bond motifs is 1. The molecule has 1 aromatic rings. The average molecular weight is 353 g/mol. The lowest BCUT2D eigenvalue weighted by Gasteiger charge is -2.38. The van der Waals surface area contributed by atoms with Gasteiger partial charge in [-0.25, -0.2) is 13.6 Å². The number of piperidine rings is 1. The first-order valence-corrected chi connectivity index (χ1v) is 7.65. The zero-order valence-electron chi connectivity index (χ0n) is 13.3. The van der Waals surface area contributed by atoms with E-state index in [2.05, 4.69) is 17.2 Å². The molecule has 0 saturated carbocycles. The van der Waals surface area contributed by atoms with Crippen molar-refractivity contribution in [2.24, 2.45) is 0 Å². The number of hydrogen-bond acceptors (Lipinski definition) is 4. The Bertz CT molecular complexity index is 711. The molecule has 0 radical (unpaired) electrons. The quantitative estimate of drug-likeness (QED) is 0.814. The van der Waals surface area contributed by atoms with Crippen molar-refractivity contribution >= 4 is 17.6 Å². The molecule has 9 heteroatoms. The van der Waals surface area contributed by atoms with Crippen LogP contribution in [-0.2, 0) is 4.79 Å². The van der Waals surface area contributed by atoms with E-state index in [0.29, 0.717) is 17.2 Å². The molecule has 2 aliphatic heterocycles. The van der Waals surface area contributed by atoms with Crippen LogP contribution in [0.15, 0.2) is 30.9 Å². The number of amides is 3. The Morgan fingerprint density at radius 2 is 2.08 bits per heavy atom. The summed E-state index contributed by atoms with van der Waals surface area (Å²) < 4.78 is 38.4. The second-order valence-electron chi connectivity index (χ2n) is 5.72. The maximum absolute atomic E-state index is 14.0. The van der Waals surface area contributed by atoms with Crippen LogP contribution in [0.2, 0.25) is 0 Å². The number of benzene rings is 1. The molecule has 25 heavy (non-hydrogen) atoms. The highest BCUT2D eigenvalue weighted by molar-refractivity contribution is 5.90. The van der Waals surface area contributed by atoms with E-state index in [1.165, 1.54) is 11.0 Å². The van der Waals surface area contributed by atoms with Gasteiger partial charge in [0.25, 0.3) is 5.92 Å². The molecule has 134 valence electrons. The van der Waals surface area contributed by atoms with Crippen molar-refractivity contribution in [2.75, 3.05) is 25.2 Å². The minimum absolute atomic E-state index is 0.0835. The lowest BCUT2D eigenvalue weighted by atomic mass is 10.0. The van der Waals surface area contributed by atoms with Crippen molar-refractivity contribution in [3.63, 3.8) is 0 Å². The van der Waals surface area contributed by atoms with Gasteiger partial charge in [-0.2, -0.15) is 0 Å². The normalized spacial score (nSPS) is 20.7. The third-order valence-electron chi connectivity index (χ3n) is 4.05. The van der Waals surface area contributed by atoms with Crippen LogP contribution in [0.4, 0.5) is 19.3 Å². The molecule has 0 aromatic heterocycles.